The van der Waals surface area contributed by atoms with Gasteiger partial charge in [0, 0.05) is 17.0 Å². The largest absolute Gasteiger partial charge is 0.364 e. The van der Waals surface area contributed by atoms with Gasteiger partial charge in [0.25, 0.3) is 5.91 Å². The maximum absolute atomic E-state index is 12.1. The highest BCUT2D eigenvalue weighted by molar-refractivity contribution is 7.09. The summed E-state index contributed by atoms with van der Waals surface area (Å²) in [6, 6.07) is 13.3. The molecule has 136 valence electrons. The first-order valence-electron chi connectivity index (χ1n) is 8.57. The second-order valence-corrected chi connectivity index (χ2v) is 6.91. The van der Waals surface area contributed by atoms with Crippen LogP contribution in [0.5, 0.6) is 0 Å². The van der Waals surface area contributed by atoms with Crippen molar-refractivity contribution in [2.45, 2.75) is 13.1 Å². The van der Waals surface area contributed by atoms with Gasteiger partial charge in [0.05, 0.1) is 24.7 Å². The van der Waals surface area contributed by atoms with Gasteiger partial charge in [0.1, 0.15) is 12.1 Å². The Labute approximate surface area is 160 Å². The highest BCUT2D eigenvalue weighted by atomic mass is 32.1. The molecule has 4 rings (SSSR count). The third kappa shape index (κ3) is 3.95. The molecule has 3 aromatic heterocycles. The molecule has 1 aromatic carbocycles. The summed E-state index contributed by atoms with van der Waals surface area (Å²) in [5.41, 5.74) is 1.39. The minimum Gasteiger partial charge on any atom is -0.364 e. The molecular formula is C19H18N6OS. The van der Waals surface area contributed by atoms with Gasteiger partial charge in [0.2, 0.25) is 0 Å². The predicted molar refractivity (Wildman–Crippen MR) is 106 cm³/mol. The van der Waals surface area contributed by atoms with Crippen LogP contribution < -0.4 is 10.6 Å². The summed E-state index contributed by atoms with van der Waals surface area (Å²) in [5, 5.41) is 13.5. The fraction of sp³-hybridized carbons (Fsp3) is 0.158. The lowest BCUT2D eigenvalue weighted by molar-refractivity contribution is 0.0952. The first-order chi connectivity index (χ1) is 13.3. The molecule has 0 aliphatic heterocycles. The molecule has 1 amide bonds. The average molecular weight is 378 g/mol. The van der Waals surface area contributed by atoms with Gasteiger partial charge < -0.3 is 10.6 Å². The minimum atomic E-state index is -0.0972. The number of fused-ring (bicyclic) bond motifs is 1. The van der Waals surface area contributed by atoms with Crippen LogP contribution >= 0.6 is 11.3 Å². The molecule has 0 atom stereocenters. The zero-order valence-electron chi connectivity index (χ0n) is 14.5. The number of nitrogens with one attached hydrogen (secondary N) is 2. The van der Waals surface area contributed by atoms with E-state index in [0.717, 1.165) is 16.9 Å². The summed E-state index contributed by atoms with van der Waals surface area (Å²) < 4.78 is 1.78. The quantitative estimate of drug-likeness (QED) is 0.516. The van der Waals surface area contributed by atoms with Gasteiger partial charge in [0.15, 0.2) is 5.65 Å². The van der Waals surface area contributed by atoms with Crippen LogP contribution in [0.15, 0.2) is 60.4 Å². The Morgan fingerprint density at radius 2 is 2.00 bits per heavy atom. The van der Waals surface area contributed by atoms with E-state index in [4.69, 9.17) is 0 Å². The molecule has 7 nitrogen and oxygen atoms in total. The summed E-state index contributed by atoms with van der Waals surface area (Å²) in [5.74, 6) is 0.660. The fourth-order valence-electron chi connectivity index (χ4n) is 2.75. The van der Waals surface area contributed by atoms with E-state index in [0.29, 0.717) is 25.2 Å². The van der Waals surface area contributed by atoms with Crippen molar-refractivity contribution in [2.24, 2.45) is 0 Å². The Balaban J connectivity index is 1.41. The van der Waals surface area contributed by atoms with E-state index in [2.05, 4.69) is 31.8 Å². The van der Waals surface area contributed by atoms with Gasteiger partial charge in [-0.1, -0.05) is 24.3 Å². The molecule has 0 unspecified atom stereocenters. The number of carbonyl (C=O) groups excluding carboxylic acids is 1. The van der Waals surface area contributed by atoms with Crippen LogP contribution in [-0.2, 0) is 13.1 Å². The number of aromatic nitrogens is 4. The van der Waals surface area contributed by atoms with Crippen LogP contribution in [0.1, 0.15) is 15.2 Å². The van der Waals surface area contributed by atoms with Gasteiger partial charge in [-0.15, -0.1) is 11.3 Å². The summed E-state index contributed by atoms with van der Waals surface area (Å²) >= 11 is 1.70. The maximum atomic E-state index is 12.1. The van der Waals surface area contributed by atoms with Gasteiger partial charge in [-0.25, -0.2) is 14.6 Å². The van der Waals surface area contributed by atoms with Crippen molar-refractivity contribution in [1.29, 1.82) is 0 Å². The van der Waals surface area contributed by atoms with Gasteiger partial charge in [-0.05, 0) is 23.6 Å². The monoisotopic (exact) mass is 378 g/mol. The van der Waals surface area contributed by atoms with Crippen LogP contribution in [0.25, 0.3) is 11.0 Å². The van der Waals surface area contributed by atoms with Crippen molar-refractivity contribution in [3.8, 4) is 0 Å². The van der Waals surface area contributed by atoms with Gasteiger partial charge in [-0.2, -0.15) is 5.10 Å². The van der Waals surface area contributed by atoms with Crippen LogP contribution in [0, 0.1) is 0 Å². The molecule has 0 fully saturated rings. The number of thiophene rings is 1. The van der Waals surface area contributed by atoms with Crippen molar-refractivity contribution < 1.29 is 4.79 Å². The molecule has 27 heavy (non-hydrogen) atoms. The van der Waals surface area contributed by atoms with Crippen LogP contribution in [-0.4, -0.2) is 32.2 Å². The molecule has 0 aliphatic carbocycles. The molecule has 0 saturated carbocycles. The lowest BCUT2D eigenvalue weighted by atomic mass is 10.2. The lowest BCUT2D eigenvalue weighted by Gasteiger charge is -2.07. The Morgan fingerprint density at radius 1 is 1.11 bits per heavy atom. The van der Waals surface area contributed by atoms with Crippen LogP contribution in [0.3, 0.4) is 0 Å². The number of benzene rings is 1. The number of amides is 1. The van der Waals surface area contributed by atoms with Crippen molar-refractivity contribution in [3.05, 3.63) is 70.8 Å². The Bertz CT molecular complexity index is 1030. The number of hydrogen-bond donors (Lipinski definition) is 2. The molecule has 4 aromatic rings. The Hall–Kier alpha value is -3.26. The second-order valence-electron chi connectivity index (χ2n) is 5.88. The highest BCUT2D eigenvalue weighted by Crippen LogP contribution is 2.20. The molecule has 8 heteroatoms. The number of carbonyl (C=O) groups is 1. The molecule has 0 spiro atoms. The standard InChI is InChI=1S/C19H18N6OS/c26-19(14-5-2-1-3-6-14)20-8-9-25-18-16(12-24-25)17(22-13-23-18)21-11-15-7-4-10-27-15/h1-7,10,12-13H,8-9,11H2,(H,20,26)(H,21,22,23). The fourth-order valence-corrected chi connectivity index (χ4v) is 3.39. The first kappa shape index (κ1) is 17.2. The average Bonchev–Trinajstić information content (AvgIpc) is 3.37. The zero-order chi connectivity index (χ0) is 18.5. The van der Waals surface area contributed by atoms with Crippen LogP contribution in [0.2, 0.25) is 0 Å². The van der Waals surface area contributed by atoms with Crippen molar-refractivity contribution >= 4 is 34.1 Å². The van der Waals surface area contributed by atoms with Gasteiger partial charge >= 0.3 is 0 Å². The van der Waals surface area contributed by atoms with E-state index >= 15 is 0 Å². The Morgan fingerprint density at radius 3 is 2.81 bits per heavy atom. The third-order valence-corrected chi connectivity index (χ3v) is 4.97. The first-order valence-corrected chi connectivity index (χ1v) is 9.45. The SMILES string of the molecule is O=C(NCCn1ncc2c(NCc3cccs3)ncnc21)c1ccccc1. The summed E-state index contributed by atoms with van der Waals surface area (Å²) in [6.07, 6.45) is 3.28. The van der Waals surface area contributed by atoms with E-state index in [1.165, 1.54) is 11.2 Å². The third-order valence-electron chi connectivity index (χ3n) is 4.09. The zero-order valence-corrected chi connectivity index (χ0v) is 15.3. The highest BCUT2D eigenvalue weighted by Gasteiger charge is 2.10. The number of anilines is 1. The molecule has 0 bridgehead atoms. The molecule has 3 heterocycles. The second kappa shape index (κ2) is 7.96. The number of hydrogen-bond acceptors (Lipinski definition) is 6. The summed E-state index contributed by atoms with van der Waals surface area (Å²) in [7, 11) is 0. The van der Waals surface area contributed by atoms with E-state index in [1.54, 1.807) is 34.3 Å². The van der Waals surface area contributed by atoms with Crippen molar-refractivity contribution in [2.75, 3.05) is 11.9 Å². The topological polar surface area (TPSA) is 84.7 Å². The van der Waals surface area contributed by atoms with Gasteiger partial charge in [-0.3, -0.25) is 4.79 Å². The van der Waals surface area contributed by atoms with E-state index in [1.807, 2.05) is 29.6 Å². The molecule has 0 radical (unpaired) electrons. The smallest absolute Gasteiger partial charge is 0.251 e. The Kier molecular flexibility index (Phi) is 5.06. The van der Waals surface area contributed by atoms with E-state index in [9.17, 15) is 4.79 Å². The predicted octanol–water partition coefficient (Wildman–Crippen LogP) is 2.93. The molecular weight excluding hydrogens is 360 g/mol. The van der Waals surface area contributed by atoms with Crippen molar-refractivity contribution in [1.82, 2.24) is 25.1 Å². The van der Waals surface area contributed by atoms with Crippen molar-refractivity contribution in [3.63, 3.8) is 0 Å². The molecule has 2 N–H and O–H groups in total. The summed E-state index contributed by atoms with van der Waals surface area (Å²) in [4.78, 5) is 22.0. The van der Waals surface area contributed by atoms with E-state index in [-0.39, 0.29) is 5.91 Å². The summed E-state index contributed by atoms with van der Waals surface area (Å²) in [6.45, 7) is 1.71. The maximum Gasteiger partial charge on any atom is 0.251 e. The molecule has 0 saturated heterocycles. The van der Waals surface area contributed by atoms with Crippen LogP contribution in [0.4, 0.5) is 5.82 Å². The lowest BCUT2D eigenvalue weighted by Crippen LogP contribution is -2.27. The van der Waals surface area contributed by atoms with E-state index < -0.39 is 0 Å². The number of nitrogens with zero attached hydrogens (tertiary/aromatic N) is 4. The normalized spacial score (nSPS) is 10.8. The minimum absolute atomic E-state index is 0.0972. The molecule has 0 aliphatic rings. The number of rotatable bonds is 7.